The molecule has 2 aliphatic carbocycles. The van der Waals surface area contributed by atoms with Crippen LogP contribution < -0.4 is 10.6 Å². The van der Waals surface area contributed by atoms with Crippen molar-refractivity contribution in [3.63, 3.8) is 0 Å². The average molecular weight is 469 g/mol. The smallest absolute Gasteiger partial charge is 0.191 e. The second-order valence-corrected chi connectivity index (χ2v) is 8.42. The highest BCUT2D eigenvalue weighted by Gasteiger charge is 2.59. The molecule has 2 N–H and O–H groups in total. The standard InChI is InChI=1S/C21H31N3O.HI/c1-4-22-20(24-18-16-10-11-25-19(16)21(18,2)3)23-13-15-12-17(15)14-8-6-5-7-9-14;/h5-9,15-19H,4,10-13H2,1-3H3,(H2,22,23,24);1H. The van der Waals surface area contributed by atoms with E-state index in [4.69, 9.17) is 9.73 Å². The molecule has 3 fully saturated rings. The molecule has 5 unspecified atom stereocenters. The quantitative estimate of drug-likeness (QED) is 0.392. The molecule has 4 rings (SSSR count). The molecule has 0 bridgehead atoms. The molecule has 5 atom stereocenters. The van der Waals surface area contributed by atoms with Crippen molar-refractivity contribution in [2.75, 3.05) is 19.7 Å². The number of hydrogen-bond donors (Lipinski definition) is 2. The highest BCUT2D eigenvalue weighted by atomic mass is 127. The summed E-state index contributed by atoms with van der Waals surface area (Å²) in [7, 11) is 0. The molecule has 2 saturated carbocycles. The van der Waals surface area contributed by atoms with E-state index in [1.54, 1.807) is 0 Å². The van der Waals surface area contributed by atoms with Crippen molar-refractivity contribution in [1.82, 2.24) is 10.6 Å². The maximum Gasteiger partial charge on any atom is 0.191 e. The van der Waals surface area contributed by atoms with Crippen molar-refractivity contribution in [3.05, 3.63) is 35.9 Å². The summed E-state index contributed by atoms with van der Waals surface area (Å²) in [6.45, 7) is 9.48. The molecule has 1 saturated heterocycles. The van der Waals surface area contributed by atoms with E-state index in [1.807, 2.05) is 0 Å². The molecule has 0 radical (unpaired) electrons. The second kappa shape index (κ2) is 8.05. The maximum atomic E-state index is 5.91. The number of aliphatic imine (C=N–C) groups is 1. The van der Waals surface area contributed by atoms with Gasteiger partial charge in [-0.3, -0.25) is 4.99 Å². The van der Waals surface area contributed by atoms with Crippen LogP contribution in [-0.2, 0) is 4.74 Å². The van der Waals surface area contributed by atoms with Crippen LogP contribution in [0.5, 0.6) is 0 Å². The van der Waals surface area contributed by atoms with E-state index in [0.717, 1.165) is 25.7 Å². The van der Waals surface area contributed by atoms with Crippen molar-refractivity contribution in [3.8, 4) is 0 Å². The van der Waals surface area contributed by atoms with Gasteiger partial charge in [0.15, 0.2) is 5.96 Å². The number of benzene rings is 1. The van der Waals surface area contributed by atoms with Gasteiger partial charge >= 0.3 is 0 Å². The van der Waals surface area contributed by atoms with E-state index in [9.17, 15) is 0 Å². The van der Waals surface area contributed by atoms with Gasteiger partial charge in [0.2, 0.25) is 0 Å². The molecule has 1 heterocycles. The predicted molar refractivity (Wildman–Crippen MR) is 117 cm³/mol. The van der Waals surface area contributed by atoms with Crippen LogP contribution in [0.4, 0.5) is 0 Å². The Morgan fingerprint density at radius 2 is 2.04 bits per heavy atom. The van der Waals surface area contributed by atoms with E-state index in [2.05, 4.69) is 61.7 Å². The number of ether oxygens (including phenoxy) is 1. The van der Waals surface area contributed by atoms with Crippen LogP contribution in [0.25, 0.3) is 0 Å². The number of fused-ring (bicyclic) bond motifs is 1. The first-order valence-corrected chi connectivity index (χ1v) is 9.82. The van der Waals surface area contributed by atoms with Crippen LogP contribution in [0.2, 0.25) is 0 Å². The Kier molecular flexibility index (Phi) is 6.17. The van der Waals surface area contributed by atoms with Crippen molar-refractivity contribution in [2.45, 2.75) is 51.7 Å². The van der Waals surface area contributed by atoms with E-state index < -0.39 is 0 Å². The summed E-state index contributed by atoms with van der Waals surface area (Å²) in [5.41, 5.74) is 1.65. The lowest BCUT2D eigenvalue weighted by Crippen LogP contribution is -2.68. The summed E-state index contributed by atoms with van der Waals surface area (Å²) in [5.74, 6) is 3.00. The third-order valence-electron chi connectivity index (χ3n) is 6.37. The van der Waals surface area contributed by atoms with Crippen LogP contribution in [-0.4, -0.2) is 37.8 Å². The summed E-state index contributed by atoms with van der Waals surface area (Å²) in [6, 6.07) is 11.3. The summed E-state index contributed by atoms with van der Waals surface area (Å²) in [6.07, 6.45) is 2.85. The van der Waals surface area contributed by atoms with Gasteiger partial charge in [0, 0.05) is 37.1 Å². The van der Waals surface area contributed by atoms with Gasteiger partial charge in [-0.05, 0) is 37.2 Å². The van der Waals surface area contributed by atoms with Crippen molar-refractivity contribution in [2.24, 2.45) is 22.2 Å². The Labute approximate surface area is 174 Å². The minimum atomic E-state index is 0. The predicted octanol–water partition coefficient (Wildman–Crippen LogP) is 3.78. The molecule has 0 amide bonds. The van der Waals surface area contributed by atoms with Crippen molar-refractivity contribution < 1.29 is 4.74 Å². The third-order valence-corrected chi connectivity index (χ3v) is 6.37. The first-order valence-electron chi connectivity index (χ1n) is 9.82. The molecule has 1 aromatic rings. The lowest BCUT2D eigenvalue weighted by atomic mass is 9.57. The number of hydrogen-bond acceptors (Lipinski definition) is 2. The Bertz CT molecular complexity index is 633. The maximum absolute atomic E-state index is 5.91. The van der Waals surface area contributed by atoms with Gasteiger partial charge in [-0.15, -0.1) is 24.0 Å². The largest absolute Gasteiger partial charge is 0.377 e. The van der Waals surface area contributed by atoms with Gasteiger partial charge < -0.3 is 15.4 Å². The van der Waals surface area contributed by atoms with Gasteiger partial charge in [0.05, 0.1) is 6.10 Å². The van der Waals surface area contributed by atoms with Gasteiger partial charge in [-0.25, -0.2) is 0 Å². The molecule has 1 aliphatic heterocycles. The van der Waals surface area contributed by atoms with Gasteiger partial charge in [-0.2, -0.15) is 0 Å². The monoisotopic (exact) mass is 469 g/mol. The van der Waals surface area contributed by atoms with Crippen LogP contribution in [0, 0.1) is 17.3 Å². The van der Waals surface area contributed by atoms with Crippen LogP contribution in [0.15, 0.2) is 35.3 Å². The fourth-order valence-electron chi connectivity index (χ4n) is 4.85. The van der Waals surface area contributed by atoms with Gasteiger partial charge in [-0.1, -0.05) is 44.2 Å². The summed E-state index contributed by atoms with van der Waals surface area (Å²) in [5, 5.41) is 7.15. The molecular weight excluding hydrogens is 437 g/mol. The highest BCUT2D eigenvalue weighted by Crippen LogP contribution is 2.52. The first-order chi connectivity index (χ1) is 12.1. The fourth-order valence-corrected chi connectivity index (χ4v) is 4.85. The number of guanidine groups is 1. The zero-order chi connectivity index (χ0) is 17.4. The molecule has 0 spiro atoms. The normalized spacial score (nSPS) is 34.3. The Balaban J connectivity index is 0.00000196. The van der Waals surface area contributed by atoms with Crippen molar-refractivity contribution in [1.29, 1.82) is 0 Å². The van der Waals surface area contributed by atoms with Crippen LogP contribution in [0.3, 0.4) is 0 Å². The van der Waals surface area contributed by atoms with Crippen LogP contribution >= 0.6 is 24.0 Å². The molecule has 0 aromatic heterocycles. The van der Waals surface area contributed by atoms with Gasteiger partial charge in [0.1, 0.15) is 0 Å². The Morgan fingerprint density at radius 1 is 1.27 bits per heavy atom. The fraction of sp³-hybridized carbons (Fsp3) is 0.667. The van der Waals surface area contributed by atoms with Crippen molar-refractivity contribution >= 4 is 29.9 Å². The first kappa shape index (κ1) is 19.9. The Hall–Kier alpha value is -0.820. The second-order valence-electron chi connectivity index (χ2n) is 8.42. The highest BCUT2D eigenvalue weighted by molar-refractivity contribution is 14.0. The van der Waals surface area contributed by atoms with Gasteiger partial charge in [0.25, 0.3) is 0 Å². The lowest BCUT2D eigenvalue weighted by molar-refractivity contribution is -0.106. The zero-order valence-corrected chi connectivity index (χ0v) is 18.4. The summed E-state index contributed by atoms with van der Waals surface area (Å²) >= 11 is 0. The average Bonchev–Trinajstić information content (AvgIpc) is 3.25. The van der Waals surface area contributed by atoms with E-state index in [1.165, 1.54) is 18.4 Å². The topological polar surface area (TPSA) is 45.7 Å². The molecule has 26 heavy (non-hydrogen) atoms. The van der Waals surface area contributed by atoms with E-state index in [0.29, 0.717) is 29.9 Å². The Morgan fingerprint density at radius 3 is 2.77 bits per heavy atom. The minimum absolute atomic E-state index is 0. The minimum Gasteiger partial charge on any atom is -0.377 e. The summed E-state index contributed by atoms with van der Waals surface area (Å²) < 4.78 is 5.91. The van der Waals surface area contributed by atoms with E-state index in [-0.39, 0.29) is 29.4 Å². The zero-order valence-electron chi connectivity index (χ0n) is 16.1. The number of halogens is 1. The van der Waals surface area contributed by atoms with Crippen LogP contribution in [0.1, 0.15) is 45.1 Å². The molecular formula is C21H32IN3O. The molecule has 5 heteroatoms. The SMILES string of the molecule is CCNC(=NCC1CC1c1ccccc1)NC1C2CCOC2C1(C)C.I. The molecule has 1 aromatic carbocycles. The molecule has 4 nitrogen and oxygen atoms in total. The number of rotatable bonds is 5. The number of nitrogens with zero attached hydrogens (tertiary/aromatic N) is 1. The summed E-state index contributed by atoms with van der Waals surface area (Å²) in [4.78, 5) is 4.91. The third kappa shape index (κ3) is 3.75. The molecule has 144 valence electrons. The molecule has 3 aliphatic rings. The van der Waals surface area contributed by atoms with E-state index >= 15 is 0 Å². The number of nitrogens with one attached hydrogen (secondary N) is 2. The lowest BCUT2D eigenvalue weighted by Gasteiger charge is -2.54.